The molecular weight excluding hydrogens is 459 g/mol. The number of hydrogen-bond donors (Lipinski definition) is 3. The van der Waals surface area contributed by atoms with E-state index in [1.807, 2.05) is 0 Å². The third-order valence-corrected chi connectivity index (χ3v) is 7.81. The van der Waals surface area contributed by atoms with Crippen LogP contribution in [0.1, 0.15) is 30.0 Å². The van der Waals surface area contributed by atoms with Crippen molar-refractivity contribution in [3.8, 4) is 5.75 Å². The first kappa shape index (κ1) is 23.4. The lowest BCUT2D eigenvalue weighted by atomic mass is 9.99. The molecular formula is C18H20F3N3O5S2. The maximum atomic E-state index is 13.6. The second-order valence-electron chi connectivity index (χ2n) is 7.17. The highest BCUT2D eigenvalue weighted by Gasteiger charge is 2.58. The normalized spacial score (nSPS) is 17.5. The van der Waals surface area contributed by atoms with Gasteiger partial charge in [-0.1, -0.05) is 0 Å². The molecule has 1 amide bonds. The van der Waals surface area contributed by atoms with E-state index >= 15 is 0 Å². The van der Waals surface area contributed by atoms with E-state index in [0.29, 0.717) is 37.3 Å². The molecule has 0 aliphatic carbocycles. The quantitative estimate of drug-likeness (QED) is 0.548. The van der Waals surface area contributed by atoms with Gasteiger partial charge in [-0.25, -0.2) is 13.4 Å². The molecule has 0 bridgehead atoms. The molecule has 1 unspecified atom stereocenters. The fraction of sp³-hybridized carbons (Fsp3) is 0.444. The number of nitrogens with one attached hydrogen (secondary N) is 1. The smallest absolute Gasteiger partial charge is 0.424 e. The van der Waals surface area contributed by atoms with Crippen molar-refractivity contribution in [3.63, 3.8) is 0 Å². The predicted octanol–water partition coefficient (Wildman–Crippen LogP) is 2.72. The van der Waals surface area contributed by atoms with Gasteiger partial charge in [-0.3, -0.25) is 4.79 Å². The molecule has 170 valence electrons. The maximum Gasteiger partial charge on any atom is 0.424 e. The molecule has 1 atom stereocenters. The molecule has 31 heavy (non-hydrogen) atoms. The van der Waals surface area contributed by atoms with Crippen LogP contribution in [0.2, 0.25) is 0 Å². The van der Waals surface area contributed by atoms with Crippen molar-refractivity contribution in [2.24, 2.45) is 0 Å². The van der Waals surface area contributed by atoms with Gasteiger partial charge < -0.3 is 15.5 Å². The number of phenols is 1. The maximum absolute atomic E-state index is 13.6. The molecule has 0 spiro atoms. The van der Waals surface area contributed by atoms with Gasteiger partial charge in [0.2, 0.25) is 21.5 Å². The number of aromatic nitrogens is 1. The number of aromatic hydroxyl groups is 1. The van der Waals surface area contributed by atoms with Gasteiger partial charge in [0.15, 0.2) is 0 Å². The SMILES string of the molecule is Cc1csc(C(O)(CC(=O)Nc2cc(S(=O)(=O)N3CCCC3)ccc2O)C(F)(F)F)n1. The summed E-state index contributed by atoms with van der Waals surface area (Å²) < 4.78 is 67.3. The number of rotatable bonds is 6. The Morgan fingerprint density at radius 2 is 1.94 bits per heavy atom. The summed E-state index contributed by atoms with van der Waals surface area (Å²) in [6, 6.07) is 3.14. The highest BCUT2D eigenvalue weighted by atomic mass is 32.2. The summed E-state index contributed by atoms with van der Waals surface area (Å²) in [6.45, 7) is 2.11. The van der Waals surface area contributed by atoms with Crippen LogP contribution in [-0.4, -0.2) is 53.1 Å². The van der Waals surface area contributed by atoms with E-state index in [1.54, 1.807) is 0 Å². The van der Waals surface area contributed by atoms with Crippen LogP contribution < -0.4 is 5.32 Å². The number of carbonyl (C=O) groups excluding carboxylic acids is 1. The van der Waals surface area contributed by atoms with Gasteiger partial charge in [-0.05, 0) is 38.0 Å². The van der Waals surface area contributed by atoms with E-state index in [2.05, 4.69) is 10.3 Å². The van der Waals surface area contributed by atoms with Crippen LogP contribution in [0.3, 0.4) is 0 Å². The summed E-state index contributed by atoms with van der Waals surface area (Å²) >= 11 is 0.559. The lowest BCUT2D eigenvalue weighted by Crippen LogP contribution is -2.45. The van der Waals surface area contributed by atoms with E-state index in [0.717, 1.165) is 18.2 Å². The monoisotopic (exact) mass is 479 g/mol. The summed E-state index contributed by atoms with van der Waals surface area (Å²) in [7, 11) is -3.88. The van der Waals surface area contributed by atoms with Gasteiger partial charge in [0, 0.05) is 24.2 Å². The summed E-state index contributed by atoms with van der Waals surface area (Å²) in [6.07, 6.45) is -5.22. The molecule has 0 radical (unpaired) electrons. The first-order valence-electron chi connectivity index (χ1n) is 9.19. The molecule has 8 nitrogen and oxygen atoms in total. The van der Waals surface area contributed by atoms with Gasteiger partial charge >= 0.3 is 6.18 Å². The minimum atomic E-state index is -5.20. The number of aliphatic hydroxyl groups is 1. The zero-order valence-electron chi connectivity index (χ0n) is 16.3. The third kappa shape index (κ3) is 4.68. The first-order chi connectivity index (χ1) is 14.3. The van der Waals surface area contributed by atoms with Crippen LogP contribution in [0, 0.1) is 6.92 Å². The molecule has 1 fully saturated rings. The summed E-state index contributed by atoms with van der Waals surface area (Å²) in [5, 5.41) is 22.9. The van der Waals surface area contributed by atoms with Crippen LogP contribution in [0.15, 0.2) is 28.5 Å². The van der Waals surface area contributed by atoms with Crippen molar-refractivity contribution < 1.29 is 36.6 Å². The third-order valence-electron chi connectivity index (χ3n) is 4.80. The molecule has 0 saturated carbocycles. The van der Waals surface area contributed by atoms with Crippen molar-refractivity contribution in [3.05, 3.63) is 34.3 Å². The van der Waals surface area contributed by atoms with E-state index in [1.165, 1.54) is 16.6 Å². The number of hydrogen-bond acceptors (Lipinski definition) is 7. The number of thiazole rings is 1. The number of alkyl halides is 3. The van der Waals surface area contributed by atoms with Crippen molar-refractivity contribution in [1.82, 2.24) is 9.29 Å². The van der Waals surface area contributed by atoms with E-state index in [9.17, 15) is 36.6 Å². The van der Waals surface area contributed by atoms with Crippen LogP contribution in [-0.2, 0) is 20.4 Å². The molecule has 1 saturated heterocycles. The lowest BCUT2D eigenvalue weighted by molar-refractivity contribution is -0.266. The number of carbonyl (C=O) groups is 1. The van der Waals surface area contributed by atoms with Crippen molar-refractivity contribution in [2.45, 2.75) is 42.9 Å². The highest BCUT2D eigenvalue weighted by molar-refractivity contribution is 7.89. The number of anilines is 1. The van der Waals surface area contributed by atoms with Gasteiger partial charge in [0.05, 0.1) is 17.0 Å². The van der Waals surface area contributed by atoms with Gasteiger partial charge in [0.25, 0.3) is 0 Å². The van der Waals surface area contributed by atoms with E-state index < -0.39 is 44.9 Å². The second-order valence-corrected chi connectivity index (χ2v) is 9.96. The second kappa shape index (κ2) is 8.37. The van der Waals surface area contributed by atoms with Gasteiger partial charge in [0.1, 0.15) is 10.8 Å². The average molecular weight is 480 g/mol. The Balaban J connectivity index is 1.85. The first-order valence-corrected chi connectivity index (χ1v) is 11.5. The molecule has 2 heterocycles. The minimum absolute atomic E-state index is 0.218. The Kier molecular flexibility index (Phi) is 6.33. The number of benzene rings is 1. The Morgan fingerprint density at radius 1 is 1.29 bits per heavy atom. The molecule has 3 rings (SSSR count). The highest BCUT2D eigenvalue weighted by Crippen LogP contribution is 2.43. The summed E-state index contributed by atoms with van der Waals surface area (Å²) in [5.74, 6) is -1.81. The fourth-order valence-corrected chi connectivity index (χ4v) is 5.58. The number of amides is 1. The zero-order chi connectivity index (χ0) is 23.0. The van der Waals surface area contributed by atoms with Crippen molar-refractivity contribution >= 4 is 33.0 Å². The van der Waals surface area contributed by atoms with Crippen LogP contribution in [0.5, 0.6) is 5.75 Å². The topological polar surface area (TPSA) is 120 Å². The number of nitrogens with zero attached hydrogens (tertiary/aromatic N) is 2. The van der Waals surface area contributed by atoms with Crippen molar-refractivity contribution in [2.75, 3.05) is 18.4 Å². The van der Waals surface area contributed by atoms with Crippen molar-refractivity contribution in [1.29, 1.82) is 0 Å². The average Bonchev–Trinajstić information content (AvgIpc) is 3.34. The minimum Gasteiger partial charge on any atom is -0.506 e. The van der Waals surface area contributed by atoms with Crippen LogP contribution >= 0.6 is 11.3 Å². The Bertz CT molecular complexity index is 1080. The molecule has 1 aromatic heterocycles. The molecule has 3 N–H and O–H groups in total. The number of halogens is 3. The van der Waals surface area contributed by atoms with Gasteiger partial charge in [-0.2, -0.15) is 17.5 Å². The molecule has 2 aromatic rings. The van der Waals surface area contributed by atoms with E-state index in [-0.39, 0.29) is 16.3 Å². The zero-order valence-corrected chi connectivity index (χ0v) is 17.9. The Labute approximate surface area is 180 Å². The number of aryl methyl sites for hydroxylation is 1. The molecule has 1 aromatic carbocycles. The Morgan fingerprint density at radius 3 is 2.48 bits per heavy atom. The molecule has 1 aliphatic heterocycles. The van der Waals surface area contributed by atoms with E-state index in [4.69, 9.17) is 0 Å². The molecule has 13 heteroatoms. The largest absolute Gasteiger partial charge is 0.506 e. The number of phenolic OH excluding ortho intramolecular Hbond substituents is 1. The lowest BCUT2D eigenvalue weighted by Gasteiger charge is -2.28. The molecule has 1 aliphatic rings. The Hall–Kier alpha value is -2.22. The van der Waals surface area contributed by atoms with Gasteiger partial charge in [-0.15, -0.1) is 11.3 Å². The fourth-order valence-electron chi connectivity index (χ4n) is 3.12. The summed E-state index contributed by atoms with van der Waals surface area (Å²) in [5.41, 5.74) is -3.67. The predicted molar refractivity (Wildman–Crippen MR) is 106 cm³/mol. The standard InChI is InChI=1S/C18H20F3N3O5S2/c1-11-10-30-16(22-11)17(27,18(19,20)21)9-15(26)23-13-8-12(4-5-14(13)25)31(28,29)24-6-2-3-7-24/h4-5,8,10,25,27H,2-3,6-7,9H2,1H3,(H,23,26). The summed E-state index contributed by atoms with van der Waals surface area (Å²) in [4.78, 5) is 15.8. The number of sulfonamides is 1. The van der Waals surface area contributed by atoms with Crippen LogP contribution in [0.4, 0.5) is 18.9 Å². The van der Waals surface area contributed by atoms with Crippen LogP contribution in [0.25, 0.3) is 0 Å².